The van der Waals surface area contributed by atoms with Gasteiger partial charge in [-0.15, -0.1) is 0 Å². The van der Waals surface area contributed by atoms with Crippen molar-refractivity contribution in [2.75, 3.05) is 6.54 Å². The van der Waals surface area contributed by atoms with Gasteiger partial charge in [-0.2, -0.15) is 0 Å². The second kappa shape index (κ2) is 4.72. The number of aliphatic carboxylic acids is 1. The van der Waals surface area contributed by atoms with Crippen molar-refractivity contribution in [3.8, 4) is 0 Å². The Hall–Kier alpha value is -1.36. The highest BCUT2D eigenvalue weighted by Crippen LogP contribution is 2.35. The summed E-state index contributed by atoms with van der Waals surface area (Å²) in [6.07, 6.45) is 1.96. The Balaban J connectivity index is 2.17. The summed E-state index contributed by atoms with van der Waals surface area (Å²) in [6, 6.07) is 1.41. The lowest BCUT2D eigenvalue weighted by Gasteiger charge is -2.43. The predicted molar refractivity (Wildman–Crippen MR) is 66.1 cm³/mol. The van der Waals surface area contributed by atoms with Crippen molar-refractivity contribution in [2.45, 2.75) is 46.2 Å². The molecule has 1 saturated heterocycles. The van der Waals surface area contributed by atoms with Crippen LogP contribution >= 0.6 is 0 Å². The SMILES string of the molecule is Cc1cc(CN2CCCC(C)(C)C2C(=O)O)no1. The van der Waals surface area contributed by atoms with Gasteiger partial charge in [0.1, 0.15) is 11.8 Å². The molecule has 1 atom stereocenters. The molecule has 100 valence electrons. The lowest BCUT2D eigenvalue weighted by molar-refractivity contribution is -0.151. The summed E-state index contributed by atoms with van der Waals surface area (Å²) in [6.45, 7) is 7.22. The molecule has 1 aliphatic heterocycles. The molecule has 0 radical (unpaired) electrons. The second-order valence-corrected chi connectivity index (χ2v) is 5.73. The molecule has 5 heteroatoms. The van der Waals surface area contributed by atoms with E-state index in [-0.39, 0.29) is 5.41 Å². The van der Waals surface area contributed by atoms with Crippen LogP contribution in [0.5, 0.6) is 0 Å². The van der Waals surface area contributed by atoms with Crippen LogP contribution < -0.4 is 0 Å². The summed E-state index contributed by atoms with van der Waals surface area (Å²) in [4.78, 5) is 13.5. The van der Waals surface area contributed by atoms with Gasteiger partial charge in [0.05, 0.1) is 5.69 Å². The van der Waals surface area contributed by atoms with Gasteiger partial charge in [0, 0.05) is 12.6 Å². The molecule has 1 N–H and O–H groups in total. The highest BCUT2D eigenvalue weighted by atomic mass is 16.5. The standard InChI is InChI=1S/C13H20N2O3/c1-9-7-10(14-18-9)8-15-6-4-5-13(2,3)11(15)12(16)17/h7,11H,4-6,8H2,1-3H3,(H,16,17). The number of hydrogen-bond donors (Lipinski definition) is 1. The van der Waals surface area contributed by atoms with Crippen LogP contribution in [0.3, 0.4) is 0 Å². The number of carboxylic acid groups (broad SMARTS) is 1. The van der Waals surface area contributed by atoms with Crippen molar-refractivity contribution in [2.24, 2.45) is 5.41 Å². The number of rotatable bonds is 3. The Bertz CT molecular complexity index is 439. The lowest BCUT2D eigenvalue weighted by atomic mass is 9.76. The van der Waals surface area contributed by atoms with Crippen molar-refractivity contribution < 1.29 is 14.4 Å². The van der Waals surface area contributed by atoms with Gasteiger partial charge in [-0.05, 0) is 31.7 Å². The first-order valence-corrected chi connectivity index (χ1v) is 6.29. The molecule has 1 aromatic heterocycles. The lowest BCUT2D eigenvalue weighted by Crippen LogP contribution is -2.53. The van der Waals surface area contributed by atoms with E-state index in [0.29, 0.717) is 6.54 Å². The van der Waals surface area contributed by atoms with Crippen LogP contribution in [0.1, 0.15) is 38.1 Å². The van der Waals surface area contributed by atoms with Crippen LogP contribution in [-0.4, -0.2) is 33.7 Å². The number of nitrogens with zero attached hydrogens (tertiary/aromatic N) is 2. The fraction of sp³-hybridized carbons (Fsp3) is 0.692. The van der Waals surface area contributed by atoms with Crippen molar-refractivity contribution >= 4 is 5.97 Å². The minimum atomic E-state index is -0.750. The van der Waals surface area contributed by atoms with E-state index in [0.717, 1.165) is 30.8 Å². The van der Waals surface area contributed by atoms with Gasteiger partial charge in [0.25, 0.3) is 0 Å². The number of aromatic nitrogens is 1. The number of piperidine rings is 1. The first kappa shape index (κ1) is 13.1. The summed E-state index contributed by atoms with van der Waals surface area (Å²) < 4.78 is 5.03. The zero-order valence-electron chi connectivity index (χ0n) is 11.1. The van der Waals surface area contributed by atoms with E-state index >= 15 is 0 Å². The molecule has 1 fully saturated rings. The maximum atomic E-state index is 11.5. The average Bonchev–Trinajstić information content (AvgIpc) is 2.61. The maximum Gasteiger partial charge on any atom is 0.321 e. The maximum absolute atomic E-state index is 11.5. The number of hydrogen-bond acceptors (Lipinski definition) is 4. The molecule has 1 aromatic rings. The quantitative estimate of drug-likeness (QED) is 0.891. The normalized spacial score (nSPS) is 24.1. The average molecular weight is 252 g/mol. The summed E-state index contributed by atoms with van der Waals surface area (Å²) in [7, 11) is 0. The monoisotopic (exact) mass is 252 g/mol. The molecule has 1 unspecified atom stereocenters. The summed E-state index contributed by atoms with van der Waals surface area (Å²) in [5.74, 6) is 0.00746. The third kappa shape index (κ3) is 2.56. The van der Waals surface area contributed by atoms with E-state index in [2.05, 4.69) is 5.16 Å². The topological polar surface area (TPSA) is 66.6 Å². The molecule has 0 spiro atoms. The molecule has 0 bridgehead atoms. The van der Waals surface area contributed by atoms with Crippen molar-refractivity contribution in [1.82, 2.24) is 10.1 Å². The van der Waals surface area contributed by atoms with Crippen LogP contribution in [0.2, 0.25) is 0 Å². The zero-order valence-corrected chi connectivity index (χ0v) is 11.1. The van der Waals surface area contributed by atoms with Gasteiger partial charge in [-0.25, -0.2) is 0 Å². The second-order valence-electron chi connectivity index (χ2n) is 5.73. The molecule has 1 aliphatic rings. The first-order chi connectivity index (χ1) is 8.40. The third-order valence-electron chi connectivity index (χ3n) is 3.65. The molecular formula is C13H20N2O3. The summed E-state index contributed by atoms with van der Waals surface area (Å²) in [5, 5.41) is 13.4. The Kier molecular flexibility index (Phi) is 3.43. The van der Waals surface area contributed by atoms with Crippen LogP contribution in [-0.2, 0) is 11.3 Å². The number of aryl methyl sites for hydroxylation is 1. The van der Waals surface area contributed by atoms with E-state index in [4.69, 9.17) is 4.52 Å². The third-order valence-corrected chi connectivity index (χ3v) is 3.65. The number of carboxylic acids is 1. The van der Waals surface area contributed by atoms with Crippen molar-refractivity contribution in [1.29, 1.82) is 0 Å². The van der Waals surface area contributed by atoms with Gasteiger partial charge in [-0.1, -0.05) is 19.0 Å². The summed E-state index contributed by atoms with van der Waals surface area (Å²) >= 11 is 0. The van der Waals surface area contributed by atoms with Gasteiger partial charge < -0.3 is 9.63 Å². The van der Waals surface area contributed by atoms with Gasteiger partial charge in [0.15, 0.2) is 0 Å². The smallest absolute Gasteiger partial charge is 0.321 e. The highest BCUT2D eigenvalue weighted by Gasteiger charge is 2.42. The highest BCUT2D eigenvalue weighted by molar-refractivity contribution is 5.74. The van der Waals surface area contributed by atoms with E-state index in [1.807, 2.05) is 31.7 Å². The molecule has 0 amide bonds. The van der Waals surface area contributed by atoms with Gasteiger partial charge in [0.2, 0.25) is 0 Å². The molecule has 18 heavy (non-hydrogen) atoms. The Morgan fingerprint density at radius 3 is 2.94 bits per heavy atom. The van der Waals surface area contributed by atoms with Crippen molar-refractivity contribution in [3.05, 3.63) is 17.5 Å². The van der Waals surface area contributed by atoms with Gasteiger partial charge in [-0.3, -0.25) is 9.69 Å². The number of likely N-dealkylation sites (tertiary alicyclic amines) is 1. The number of carbonyl (C=O) groups is 1. The minimum absolute atomic E-state index is 0.205. The van der Waals surface area contributed by atoms with Crippen LogP contribution in [0.4, 0.5) is 0 Å². The Morgan fingerprint density at radius 2 is 2.39 bits per heavy atom. The molecule has 5 nitrogen and oxygen atoms in total. The minimum Gasteiger partial charge on any atom is -0.480 e. The fourth-order valence-corrected chi connectivity index (χ4v) is 2.86. The Labute approximate surface area is 107 Å². The predicted octanol–water partition coefficient (Wildman–Crippen LogP) is 2.06. The van der Waals surface area contributed by atoms with Gasteiger partial charge >= 0.3 is 5.97 Å². The molecular weight excluding hydrogens is 232 g/mol. The Morgan fingerprint density at radius 1 is 1.67 bits per heavy atom. The van der Waals surface area contributed by atoms with E-state index in [1.165, 1.54) is 0 Å². The largest absolute Gasteiger partial charge is 0.480 e. The van der Waals surface area contributed by atoms with Crippen LogP contribution in [0.15, 0.2) is 10.6 Å². The van der Waals surface area contributed by atoms with E-state index < -0.39 is 12.0 Å². The van der Waals surface area contributed by atoms with Crippen LogP contribution in [0, 0.1) is 12.3 Å². The van der Waals surface area contributed by atoms with E-state index in [9.17, 15) is 9.90 Å². The first-order valence-electron chi connectivity index (χ1n) is 6.29. The molecule has 0 aromatic carbocycles. The van der Waals surface area contributed by atoms with Crippen molar-refractivity contribution in [3.63, 3.8) is 0 Å². The fourth-order valence-electron chi connectivity index (χ4n) is 2.86. The molecule has 2 heterocycles. The van der Waals surface area contributed by atoms with E-state index in [1.54, 1.807) is 0 Å². The summed E-state index contributed by atoms with van der Waals surface area (Å²) in [5.41, 5.74) is 0.597. The van der Waals surface area contributed by atoms with Crippen LogP contribution in [0.25, 0.3) is 0 Å². The zero-order chi connectivity index (χ0) is 13.3. The molecule has 2 rings (SSSR count). The molecule has 0 saturated carbocycles. The molecule has 0 aliphatic carbocycles.